The summed E-state index contributed by atoms with van der Waals surface area (Å²) in [7, 11) is 0. The molecule has 0 fully saturated rings. The van der Waals surface area contributed by atoms with Gasteiger partial charge in [0, 0.05) is 0 Å². The van der Waals surface area contributed by atoms with Crippen LogP contribution in [0.4, 0.5) is 0 Å². The monoisotopic (exact) mass is 240 g/mol. The van der Waals surface area contributed by atoms with Crippen molar-refractivity contribution < 1.29 is 0 Å². The molecule has 0 aromatic heterocycles. The summed E-state index contributed by atoms with van der Waals surface area (Å²) >= 11 is 4.42. The molecule has 0 bridgehead atoms. The molecule has 0 heterocycles. The van der Waals surface area contributed by atoms with Crippen molar-refractivity contribution in [2.24, 2.45) is 0 Å². The standard InChI is InChI=1S/C18H10.2Li/c1-2-8-14-13(7-1)15-9-3-4-11-17(15)18-12-6-5-10-16(14)18;;/h1-10H;;. The Morgan fingerprint density at radius 2 is 0.850 bits per heavy atom. The van der Waals surface area contributed by atoms with Gasteiger partial charge >= 0.3 is 137 Å². The van der Waals surface area contributed by atoms with E-state index in [0.717, 1.165) is 0 Å². The first-order valence-electron chi connectivity index (χ1n) is 7.07. The summed E-state index contributed by atoms with van der Waals surface area (Å²) < 4.78 is 2.71. The fourth-order valence-corrected chi connectivity index (χ4v) is 3.40. The number of benzene rings is 4. The van der Waals surface area contributed by atoms with Crippen molar-refractivity contribution in [3.63, 3.8) is 0 Å². The minimum absolute atomic E-state index is 1.35. The van der Waals surface area contributed by atoms with Gasteiger partial charge in [0.05, 0.1) is 0 Å². The number of rotatable bonds is 0. The summed E-state index contributed by atoms with van der Waals surface area (Å²) in [4.78, 5) is 0. The molecule has 0 spiro atoms. The molecule has 0 saturated carbocycles. The van der Waals surface area contributed by atoms with Gasteiger partial charge in [-0.3, -0.25) is 0 Å². The van der Waals surface area contributed by atoms with Crippen LogP contribution in [-0.2, 0) is 0 Å². The van der Waals surface area contributed by atoms with Gasteiger partial charge in [0.25, 0.3) is 0 Å². The van der Waals surface area contributed by atoms with Crippen molar-refractivity contribution in [1.29, 1.82) is 0 Å². The van der Waals surface area contributed by atoms with Crippen LogP contribution in [0.5, 0.6) is 0 Å². The second-order valence-corrected chi connectivity index (χ2v) is 5.54. The van der Waals surface area contributed by atoms with E-state index in [-0.39, 0.29) is 0 Å². The Labute approximate surface area is 136 Å². The molecule has 0 aliphatic carbocycles. The summed E-state index contributed by atoms with van der Waals surface area (Å²) in [5, 5.41) is 8.23. The molecule has 0 unspecified atom stereocenters. The average molecular weight is 240 g/mol. The van der Waals surface area contributed by atoms with Crippen LogP contribution >= 0.6 is 0 Å². The Bertz CT molecular complexity index is 891. The molecule has 0 nitrogen and oxygen atoms in total. The van der Waals surface area contributed by atoms with Crippen molar-refractivity contribution in [2.45, 2.75) is 0 Å². The van der Waals surface area contributed by atoms with Gasteiger partial charge in [0.2, 0.25) is 0 Å². The zero-order valence-corrected chi connectivity index (χ0v) is 11.8. The second-order valence-electron chi connectivity index (χ2n) is 5.54. The minimum atomic E-state index is 1.35. The van der Waals surface area contributed by atoms with E-state index in [0.29, 0.717) is 0 Å². The Hall–Kier alpha value is -1.15. The molecule has 0 N–H and O–H groups in total. The van der Waals surface area contributed by atoms with E-state index in [1.54, 1.807) is 0 Å². The fraction of sp³-hybridized carbons (Fsp3) is 0. The first-order chi connectivity index (χ1) is 9.77. The van der Waals surface area contributed by atoms with Crippen molar-refractivity contribution in [3.8, 4) is 0 Å². The third kappa shape index (κ3) is 1.70. The van der Waals surface area contributed by atoms with Crippen LogP contribution in [0.15, 0.2) is 60.7 Å². The van der Waals surface area contributed by atoms with Gasteiger partial charge in [0.1, 0.15) is 0 Å². The zero-order valence-electron chi connectivity index (χ0n) is 11.8. The summed E-state index contributed by atoms with van der Waals surface area (Å²) in [5.41, 5.74) is 0. The Morgan fingerprint density at radius 1 is 0.450 bits per heavy atom. The maximum atomic E-state index is 2.25. The van der Waals surface area contributed by atoms with Crippen molar-refractivity contribution in [1.82, 2.24) is 0 Å². The summed E-state index contributed by atoms with van der Waals surface area (Å²) in [6.45, 7) is 0. The molecular formula is C18H10Li2. The van der Waals surface area contributed by atoms with Gasteiger partial charge in [-0.15, -0.1) is 0 Å². The van der Waals surface area contributed by atoms with Crippen molar-refractivity contribution in [2.75, 3.05) is 0 Å². The topological polar surface area (TPSA) is 0 Å². The molecule has 0 amide bonds. The Morgan fingerprint density at radius 3 is 1.30 bits per heavy atom. The third-order valence-electron chi connectivity index (χ3n) is 4.30. The number of fused-ring (bicyclic) bond motifs is 6. The van der Waals surface area contributed by atoms with Crippen LogP contribution in [0.1, 0.15) is 0 Å². The normalized spacial score (nSPS) is 11.6. The molecule has 20 heavy (non-hydrogen) atoms. The van der Waals surface area contributed by atoms with Crippen molar-refractivity contribution in [3.05, 3.63) is 60.7 Å². The first kappa shape index (κ1) is 12.6. The Balaban J connectivity index is 2.49. The predicted octanol–water partition coefficient (Wildman–Crippen LogP) is 2.73. The number of hydrogen-bond donors (Lipinski definition) is 0. The van der Waals surface area contributed by atoms with E-state index in [1.807, 2.05) is 0 Å². The zero-order chi connectivity index (χ0) is 13.7. The van der Waals surface area contributed by atoms with Crippen LogP contribution in [0.3, 0.4) is 0 Å². The molecule has 4 aromatic carbocycles. The SMILES string of the molecule is [Li][c]1cccc2c3ccccc3c3ccc[c]([Li])c3c12. The fourth-order valence-electron chi connectivity index (χ4n) is 3.40. The average Bonchev–Trinajstić information content (AvgIpc) is 2.48. The van der Waals surface area contributed by atoms with Gasteiger partial charge in [-0.2, -0.15) is 0 Å². The predicted molar refractivity (Wildman–Crippen MR) is 89.7 cm³/mol. The van der Waals surface area contributed by atoms with E-state index in [4.69, 9.17) is 0 Å². The molecule has 0 aliphatic heterocycles. The first-order valence-corrected chi connectivity index (χ1v) is 7.07. The van der Waals surface area contributed by atoms with Gasteiger partial charge in [0.15, 0.2) is 0 Å². The second kappa shape index (κ2) is 4.70. The molecule has 4 aromatic rings. The third-order valence-corrected chi connectivity index (χ3v) is 4.30. The Kier molecular flexibility index (Phi) is 2.96. The summed E-state index contributed by atoms with van der Waals surface area (Å²) in [5.74, 6) is 0. The van der Waals surface area contributed by atoms with E-state index in [1.165, 1.54) is 40.8 Å². The van der Waals surface area contributed by atoms with E-state index >= 15 is 0 Å². The maximum absolute atomic E-state index is 2.25. The van der Waals surface area contributed by atoms with E-state index in [2.05, 4.69) is 96.1 Å². The van der Waals surface area contributed by atoms with Crippen LogP contribution < -0.4 is 8.47 Å². The van der Waals surface area contributed by atoms with Crippen LogP contribution in [0.2, 0.25) is 0 Å². The number of hydrogen-bond acceptors (Lipinski definition) is 0. The van der Waals surface area contributed by atoms with Gasteiger partial charge in [-0.25, -0.2) is 0 Å². The molecule has 0 atom stereocenters. The van der Waals surface area contributed by atoms with Gasteiger partial charge < -0.3 is 0 Å². The molecular weight excluding hydrogens is 230 g/mol. The molecule has 0 saturated heterocycles. The summed E-state index contributed by atoms with van der Waals surface area (Å²) in [6.07, 6.45) is 0. The van der Waals surface area contributed by atoms with Gasteiger partial charge in [-0.05, 0) is 0 Å². The quantitative estimate of drug-likeness (QED) is 0.327. The molecule has 0 aliphatic rings. The molecule has 0 radical (unpaired) electrons. The summed E-state index contributed by atoms with van der Waals surface area (Å²) in [6, 6.07) is 22.0. The van der Waals surface area contributed by atoms with Crippen LogP contribution in [0, 0.1) is 0 Å². The van der Waals surface area contributed by atoms with E-state index in [9.17, 15) is 0 Å². The molecule has 2 heteroatoms. The molecule has 84 valence electrons. The van der Waals surface area contributed by atoms with Crippen LogP contribution in [0.25, 0.3) is 32.3 Å². The van der Waals surface area contributed by atoms with Crippen LogP contribution in [-0.4, -0.2) is 35.4 Å². The van der Waals surface area contributed by atoms with E-state index < -0.39 is 0 Å². The molecule has 4 rings (SSSR count). The van der Waals surface area contributed by atoms with Crippen molar-refractivity contribution >= 4 is 76.2 Å². The van der Waals surface area contributed by atoms with Gasteiger partial charge in [-0.1, -0.05) is 0 Å².